The van der Waals surface area contributed by atoms with Crippen molar-refractivity contribution in [1.29, 1.82) is 0 Å². The molecular formula is C8H18F2N2O. The highest BCUT2D eigenvalue weighted by molar-refractivity contribution is 4.66. The minimum absolute atomic E-state index is 0.0938. The van der Waals surface area contributed by atoms with E-state index in [0.717, 1.165) is 0 Å². The molecule has 2 N–H and O–H groups in total. The Labute approximate surface area is 77.8 Å². The lowest BCUT2D eigenvalue weighted by molar-refractivity contribution is 0.0952. The second kappa shape index (κ2) is 7.17. The molecule has 0 aromatic rings. The molecule has 0 bridgehead atoms. The predicted molar refractivity (Wildman–Crippen MR) is 48.0 cm³/mol. The van der Waals surface area contributed by atoms with Gasteiger partial charge in [-0.2, -0.15) is 0 Å². The third-order valence-corrected chi connectivity index (χ3v) is 1.69. The molecule has 0 heterocycles. The molecule has 13 heavy (non-hydrogen) atoms. The van der Waals surface area contributed by atoms with Crippen LogP contribution in [0.2, 0.25) is 0 Å². The van der Waals surface area contributed by atoms with E-state index in [-0.39, 0.29) is 12.6 Å². The minimum Gasteiger partial charge on any atom is -0.385 e. The Bertz CT molecular complexity index is 125. The fourth-order valence-corrected chi connectivity index (χ4v) is 1.07. The van der Waals surface area contributed by atoms with Crippen LogP contribution in [0.4, 0.5) is 8.78 Å². The first-order valence-electron chi connectivity index (χ1n) is 4.27. The third kappa shape index (κ3) is 8.08. The quantitative estimate of drug-likeness (QED) is 0.646. The third-order valence-electron chi connectivity index (χ3n) is 1.69. The van der Waals surface area contributed by atoms with Crippen molar-refractivity contribution in [1.82, 2.24) is 4.90 Å². The van der Waals surface area contributed by atoms with Crippen LogP contribution in [0.1, 0.15) is 6.42 Å². The molecule has 0 aliphatic carbocycles. The van der Waals surface area contributed by atoms with Gasteiger partial charge in [-0.1, -0.05) is 0 Å². The summed E-state index contributed by atoms with van der Waals surface area (Å²) in [6.45, 7) is 0.831. The predicted octanol–water partition coefficient (Wildman–Crippen LogP) is 0.547. The zero-order valence-corrected chi connectivity index (χ0v) is 8.17. The van der Waals surface area contributed by atoms with E-state index < -0.39 is 6.43 Å². The monoisotopic (exact) mass is 196 g/mol. The maximum Gasteiger partial charge on any atom is 0.251 e. The number of rotatable bonds is 7. The first kappa shape index (κ1) is 12.7. The number of methoxy groups -OCH3 is 1. The number of nitrogens with two attached hydrogens (primary N) is 1. The van der Waals surface area contributed by atoms with E-state index in [2.05, 4.69) is 0 Å². The highest BCUT2D eigenvalue weighted by Gasteiger charge is 2.10. The van der Waals surface area contributed by atoms with E-state index in [1.807, 2.05) is 0 Å². The smallest absolute Gasteiger partial charge is 0.251 e. The standard InChI is InChI=1S/C8H18F2N2O/c1-12(6-8(9)10)5-7(11)3-4-13-2/h7-8H,3-6,11H2,1-2H3. The minimum atomic E-state index is -2.29. The summed E-state index contributed by atoms with van der Waals surface area (Å²) in [7, 11) is 3.23. The normalized spacial score (nSPS) is 14.1. The first-order chi connectivity index (χ1) is 6.06. The highest BCUT2D eigenvalue weighted by atomic mass is 19.3. The molecule has 3 nitrogen and oxygen atoms in total. The molecule has 0 radical (unpaired) electrons. The fourth-order valence-electron chi connectivity index (χ4n) is 1.07. The van der Waals surface area contributed by atoms with Crippen molar-refractivity contribution in [2.24, 2.45) is 5.73 Å². The van der Waals surface area contributed by atoms with Crippen molar-refractivity contribution in [2.75, 3.05) is 33.9 Å². The molecule has 0 aliphatic rings. The van der Waals surface area contributed by atoms with Crippen molar-refractivity contribution in [3.05, 3.63) is 0 Å². The molecule has 0 aliphatic heterocycles. The summed E-state index contributed by atoms with van der Waals surface area (Å²) in [6.07, 6.45) is -1.59. The number of nitrogens with zero attached hydrogens (tertiary/aromatic N) is 1. The summed E-state index contributed by atoms with van der Waals surface area (Å²) in [5.41, 5.74) is 5.67. The number of alkyl halides is 2. The summed E-state index contributed by atoms with van der Waals surface area (Å²) in [5.74, 6) is 0. The first-order valence-corrected chi connectivity index (χ1v) is 4.27. The molecule has 80 valence electrons. The molecule has 5 heteroatoms. The van der Waals surface area contributed by atoms with Crippen LogP contribution in [0, 0.1) is 0 Å². The molecule has 0 aromatic carbocycles. The molecule has 1 unspecified atom stereocenters. The van der Waals surface area contributed by atoms with Crippen LogP contribution in [0.5, 0.6) is 0 Å². The Hall–Kier alpha value is -0.260. The van der Waals surface area contributed by atoms with Gasteiger partial charge in [0.25, 0.3) is 6.43 Å². The number of halogens is 2. The van der Waals surface area contributed by atoms with Crippen molar-refractivity contribution < 1.29 is 13.5 Å². The second-order valence-electron chi connectivity index (χ2n) is 3.15. The fraction of sp³-hybridized carbons (Fsp3) is 1.00. The summed E-state index contributed by atoms with van der Waals surface area (Å²) in [6, 6.07) is -0.0938. The van der Waals surface area contributed by atoms with Crippen LogP contribution in [-0.4, -0.2) is 51.2 Å². The zero-order chi connectivity index (χ0) is 10.3. The Morgan fingerprint density at radius 1 is 1.38 bits per heavy atom. The second-order valence-corrected chi connectivity index (χ2v) is 3.15. The van der Waals surface area contributed by atoms with Gasteiger partial charge in [0.1, 0.15) is 0 Å². The van der Waals surface area contributed by atoms with Crippen LogP contribution in [0.15, 0.2) is 0 Å². The van der Waals surface area contributed by atoms with Gasteiger partial charge in [-0.05, 0) is 13.5 Å². The molecule has 0 saturated heterocycles. The van der Waals surface area contributed by atoms with Gasteiger partial charge >= 0.3 is 0 Å². The van der Waals surface area contributed by atoms with E-state index in [0.29, 0.717) is 19.6 Å². The summed E-state index contributed by atoms with van der Waals surface area (Å²) in [5, 5.41) is 0. The molecule has 0 fully saturated rings. The molecule has 0 amide bonds. The largest absolute Gasteiger partial charge is 0.385 e. The van der Waals surface area contributed by atoms with Gasteiger partial charge in [0, 0.05) is 26.3 Å². The molecular weight excluding hydrogens is 178 g/mol. The van der Waals surface area contributed by atoms with Crippen molar-refractivity contribution in [2.45, 2.75) is 18.9 Å². The maximum absolute atomic E-state index is 11.9. The van der Waals surface area contributed by atoms with E-state index in [9.17, 15) is 8.78 Å². The van der Waals surface area contributed by atoms with Crippen LogP contribution >= 0.6 is 0 Å². The molecule has 0 saturated carbocycles. The highest BCUT2D eigenvalue weighted by Crippen LogP contribution is 1.98. The number of ether oxygens (including phenoxy) is 1. The van der Waals surface area contributed by atoms with E-state index in [4.69, 9.17) is 10.5 Å². The van der Waals surface area contributed by atoms with Gasteiger partial charge in [-0.15, -0.1) is 0 Å². The van der Waals surface area contributed by atoms with Crippen molar-refractivity contribution >= 4 is 0 Å². The van der Waals surface area contributed by atoms with Gasteiger partial charge in [0.05, 0.1) is 6.54 Å². The summed E-state index contributed by atoms with van der Waals surface area (Å²) >= 11 is 0. The average Bonchev–Trinajstić information content (AvgIpc) is 1.98. The van der Waals surface area contributed by atoms with Gasteiger partial charge in [-0.3, -0.25) is 4.90 Å². The van der Waals surface area contributed by atoms with Crippen LogP contribution in [0.3, 0.4) is 0 Å². The Kier molecular flexibility index (Phi) is 7.03. The van der Waals surface area contributed by atoms with Gasteiger partial charge in [0.2, 0.25) is 0 Å². The van der Waals surface area contributed by atoms with Crippen LogP contribution in [0.25, 0.3) is 0 Å². The van der Waals surface area contributed by atoms with Crippen molar-refractivity contribution in [3.8, 4) is 0 Å². The molecule has 0 aromatic heterocycles. The van der Waals surface area contributed by atoms with E-state index >= 15 is 0 Å². The maximum atomic E-state index is 11.9. The number of likely N-dealkylation sites (N-methyl/N-ethyl adjacent to an activating group) is 1. The van der Waals surface area contributed by atoms with E-state index in [1.165, 1.54) is 4.90 Å². The SMILES string of the molecule is COCCC(N)CN(C)CC(F)F. The zero-order valence-electron chi connectivity index (χ0n) is 8.17. The lowest BCUT2D eigenvalue weighted by Gasteiger charge is -2.20. The summed E-state index contributed by atoms with van der Waals surface area (Å²) < 4.78 is 28.6. The number of hydrogen-bond acceptors (Lipinski definition) is 3. The number of hydrogen-bond donors (Lipinski definition) is 1. The Morgan fingerprint density at radius 3 is 2.46 bits per heavy atom. The topological polar surface area (TPSA) is 38.5 Å². The van der Waals surface area contributed by atoms with Gasteiger partial charge < -0.3 is 10.5 Å². The average molecular weight is 196 g/mol. The van der Waals surface area contributed by atoms with Gasteiger partial charge in [-0.25, -0.2) is 8.78 Å². The van der Waals surface area contributed by atoms with Crippen LogP contribution < -0.4 is 5.73 Å². The van der Waals surface area contributed by atoms with Crippen LogP contribution in [-0.2, 0) is 4.74 Å². The molecule has 1 atom stereocenters. The lowest BCUT2D eigenvalue weighted by atomic mass is 10.2. The van der Waals surface area contributed by atoms with Crippen molar-refractivity contribution in [3.63, 3.8) is 0 Å². The van der Waals surface area contributed by atoms with Gasteiger partial charge in [0.15, 0.2) is 0 Å². The Morgan fingerprint density at radius 2 is 2.00 bits per heavy atom. The summed E-state index contributed by atoms with van der Waals surface area (Å²) in [4.78, 5) is 1.53. The molecule has 0 rings (SSSR count). The van der Waals surface area contributed by atoms with E-state index in [1.54, 1.807) is 14.2 Å². The lowest BCUT2D eigenvalue weighted by Crippen LogP contribution is -2.38. The molecule has 0 spiro atoms. The Balaban J connectivity index is 3.46.